The Balaban J connectivity index is 1.84. The molecule has 1 saturated heterocycles. The molecule has 30 heavy (non-hydrogen) atoms. The number of hydrogen-bond acceptors (Lipinski definition) is 8. The second-order valence-electron chi connectivity index (χ2n) is 6.78. The SMILES string of the molecule is CC(=O)O[C@@H]1C(OC(=O)c2ccccc2)C(O)OC(C)[C@@H]1OC(=O)c1ccccc1. The predicted molar refractivity (Wildman–Crippen MR) is 103 cm³/mol. The lowest BCUT2D eigenvalue weighted by Gasteiger charge is -2.42. The molecule has 8 nitrogen and oxygen atoms in total. The molecule has 1 N–H and O–H groups in total. The van der Waals surface area contributed by atoms with Crippen molar-refractivity contribution in [3.05, 3.63) is 71.8 Å². The lowest BCUT2D eigenvalue weighted by molar-refractivity contribution is -0.279. The number of hydrogen-bond donors (Lipinski definition) is 1. The molecule has 0 aromatic heterocycles. The van der Waals surface area contributed by atoms with Crippen LogP contribution < -0.4 is 0 Å². The summed E-state index contributed by atoms with van der Waals surface area (Å²) in [4.78, 5) is 36.7. The third kappa shape index (κ3) is 5.03. The van der Waals surface area contributed by atoms with Gasteiger partial charge in [0.25, 0.3) is 0 Å². The number of esters is 3. The van der Waals surface area contributed by atoms with Gasteiger partial charge in [-0.05, 0) is 31.2 Å². The van der Waals surface area contributed by atoms with E-state index in [1.807, 2.05) is 0 Å². The van der Waals surface area contributed by atoms with Gasteiger partial charge in [-0.3, -0.25) is 4.79 Å². The van der Waals surface area contributed by atoms with Crippen molar-refractivity contribution in [2.45, 2.75) is 44.6 Å². The molecule has 0 radical (unpaired) electrons. The number of carbonyl (C=O) groups excluding carboxylic acids is 3. The molecule has 1 fully saturated rings. The van der Waals surface area contributed by atoms with Crippen molar-refractivity contribution in [3.63, 3.8) is 0 Å². The van der Waals surface area contributed by atoms with Crippen LogP contribution in [0.25, 0.3) is 0 Å². The highest BCUT2D eigenvalue weighted by Crippen LogP contribution is 2.28. The summed E-state index contributed by atoms with van der Waals surface area (Å²) in [6.45, 7) is 2.72. The number of aliphatic hydroxyl groups is 1. The van der Waals surface area contributed by atoms with E-state index in [1.54, 1.807) is 55.5 Å². The van der Waals surface area contributed by atoms with E-state index in [-0.39, 0.29) is 11.1 Å². The van der Waals surface area contributed by atoms with E-state index in [0.717, 1.165) is 0 Å². The molecular formula is C22H22O8. The molecule has 0 aliphatic carbocycles. The van der Waals surface area contributed by atoms with Gasteiger partial charge in [0.2, 0.25) is 0 Å². The molecule has 0 amide bonds. The van der Waals surface area contributed by atoms with Gasteiger partial charge in [-0.25, -0.2) is 9.59 Å². The van der Waals surface area contributed by atoms with Crippen LogP contribution in [0.15, 0.2) is 60.7 Å². The summed E-state index contributed by atoms with van der Waals surface area (Å²) in [5, 5.41) is 10.4. The number of aliphatic hydroxyl groups excluding tert-OH is 1. The molecule has 1 aliphatic rings. The molecule has 5 atom stereocenters. The van der Waals surface area contributed by atoms with Crippen LogP contribution in [0.1, 0.15) is 34.6 Å². The van der Waals surface area contributed by atoms with Crippen molar-refractivity contribution in [2.24, 2.45) is 0 Å². The fourth-order valence-electron chi connectivity index (χ4n) is 3.14. The fraction of sp³-hybridized carbons (Fsp3) is 0.318. The first kappa shape index (κ1) is 21.5. The average Bonchev–Trinajstić information content (AvgIpc) is 2.74. The van der Waals surface area contributed by atoms with Crippen molar-refractivity contribution in [2.75, 3.05) is 0 Å². The Hall–Kier alpha value is -3.23. The maximum absolute atomic E-state index is 12.5. The zero-order valence-corrected chi connectivity index (χ0v) is 16.5. The molecule has 1 heterocycles. The minimum atomic E-state index is -1.58. The summed E-state index contributed by atoms with van der Waals surface area (Å²) in [5.74, 6) is -2.11. The van der Waals surface area contributed by atoms with Crippen molar-refractivity contribution in [3.8, 4) is 0 Å². The average molecular weight is 414 g/mol. The topological polar surface area (TPSA) is 108 Å². The smallest absolute Gasteiger partial charge is 0.338 e. The molecule has 0 spiro atoms. The Morgan fingerprint density at radius 3 is 1.70 bits per heavy atom. The third-order valence-electron chi connectivity index (χ3n) is 4.55. The highest BCUT2D eigenvalue weighted by Gasteiger charge is 2.50. The second kappa shape index (κ2) is 9.51. The Morgan fingerprint density at radius 1 is 0.767 bits per heavy atom. The van der Waals surface area contributed by atoms with Gasteiger partial charge in [0.05, 0.1) is 17.2 Å². The van der Waals surface area contributed by atoms with E-state index in [4.69, 9.17) is 18.9 Å². The Kier molecular flexibility index (Phi) is 6.81. The highest BCUT2D eigenvalue weighted by atomic mass is 16.7. The molecule has 0 bridgehead atoms. The maximum atomic E-state index is 12.5. The summed E-state index contributed by atoms with van der Waals surface area (Å²) in [7, 11) is 0. The van der Waals surface area contributed by atoms with Crippen LogP contribution >= 0.6 is 0 Å². The van der Waals surface area contributed by atoms with Gasteiger partial charge in [0.1, 0.15) is 0 Å². The minimum absolute atomic E-state index is 0.239. The van der Waals surface area contributed by atoms with Crippen LogP contribution in [0.3, 0.4) is 0 Å². The van der Waals surface area contributed by atoms with E-state index in [0.29, 0.717) is 0 Å². The number of rotatable bonds is 5. The van der Waals surface area contributed by atoms with Gasteiger partial charge in [0, 0.05) is 6.92 Å². The summed E-state index contributed by atoms with van der Waals surface area (Å²) in [6, 6.07) is 16.4. The number of ether oxygens (including phenoxy) is 4. The lowest BCUT2D eigenvalue weighted by atomic mass is 9.98. The van der Waals surface area contributed by atoms with Crippen LogP contribution in [-0.2, 0) is 23.7 Å². The monoisotopic (exact) mass is 414 g/mol. The summed E-state index contributed by atoms with van der Waals surface area (Å²) in [5.41, 5.74) is 0.526. The molecule has 3 rings (SSSR count). The maximum Gasteiger partial charge on any atom is 0.338 e. The number of carbonyl (C=O) groups is 3. The standard InChI is InChI=1S/C22H22O8/c1-13-17(29-20(24)15-9-5-3-6-10-15)18(28-14(2)23)19(22(26)27-13)30-21(25)16-11-7-4-8-12-16/h3-13,17-19,22,26H,1-2H3/t13?,17-,18-,19?,22?/m0/s1. The Labute approximate surface area is 173 Å². The van der Waals surface area contributed by atoms with Gasteiger partial charge >= 0.3 is 17.9 Å². The van der Waals surface area contributed by atoms with E-state index in [1.165, 1.54) is 19.1 Å². The molecule has 2 aromatic rings. The van der Waals surface area contributed by atoms with E-state index < -0.39 is 48.6 Å². The van der Waals surface area contributed by atoms with E-state index in [2.05, 4.69) is 0 Å². The first-order chi connectivity index (χ1) is 14.4. The molecular weight excluding hydrogens is 392 g/mol. The van der Waals surface area contributed by atoms with Crippen molar-refractivity contribution in [1.82, 2.24) is 0 Å². The van der Waals surface area contributed by atoms with E-state index >= 15 is 0 Å². The molecule has 158 valence electrons. The summed E-state index contributed by atoms with van der Waals surface area (Å²) in [6.07, 6.45) is -6.18. The van der Waals surface area contributed by atoms with Gasteiger partial charge < -0.3 is 24.1 Å². The minimum Gasteiger partial charge on any atom is -0.454 e. The van der Waals surface area contributed by atoms with Crippen LogP contribution in [0.4, 0.5) is 0 Å². The number of benzene rings is 2. The van der Waals surface area contributed by atoms with Gasteiger partial charge in [-0.2, -0.15) is 0 Å². The van der Waals surface area contributed by atoms with Crippen LogP contribution in [0.5, 0.6) is 0 Å². The highest BCUT2D eigenvalue weighted by molar-refractivity contribution is 5.90. The molecule has 0 saturated carbocycles. The Morgan fingerprint density at radius 2 is 1.23 bits per heavy atom. The lowest BCUT2D eigenvalue weighted by Crippen LogP contribution is -2.60. The zero-order chi connectivity index (χ0) is 21.7. The molecule has 8 heteroatoms. The first-order valence-electron chi connectivity index (χ1n) is 9.39. The van der Waals surface area contributed by atoms with Crippen molar-refractivity contribution >= 4 is 17.9 Å². The van der Waals surface area contributed by atoms with Crippen molar-refractivity contribution < 1.29 is 38.4 Å². The third-order valence-corrected chi connectivity index (χ3v) is 4.55. The summed E-state index contributed by atoms with van der Waals surface area (Å²) < 4.78 is 21.6. The molecule has 1 aliphatic heterocycles. The molecule has 3 unspecified atom stereocenters. The van der Waals surface area contributed by atoms with Gasteiger partial charge in [-0.1, -0.05) is 36.4 Å². The summed E-state index contributed by atoms with van der Waals surface area (Å²) >= 11 is 0. The van der Waals surface area contributed by atoms with Gasteiger partial charge in [0.15, 0.2) is 24.6 Å². The van der Waals surface area contributed by atoms with Crippen LogP contribution in [-0.4, -0.2) is 53.7 Å². The predicted octanol–water partition coefficient (Wildman–Crippen LogP) is 2.11. The fourth-order valence-corrected chi connectivity index (χ4v) is 3.14. The Bertz CT molecular complexity index is 817. The first-order valence-corrected chi connectivity index (χ1v) is 9.39. The second-order valence-corrected chi connectivity index (χ2v) is 6.78. The van der Waals surface area contributed by atoms with Crippen LogP contribution in [0.2, 0.25) is 0 Å². The normalized spacial score (nSPS) is 25.8. The van der Waals surface area contributed by atoms with Crippen molar-refractivity contribution in [1.29, 1.82) is 0 Å². The van der Waals surface area contributed by atoms with E-state index in [9.17, 15) is 19.5 Å². The molecule has 2 aromatic carbocycles. The van der Waals surface area contributed by atoms with Crippen LogP contribution in [0, 0.1) is 0 Å². The largest absolute Gasteiger partial charge is 0.454 e. The zero-order valence-electron chi connectivity index (χ0n) is 16.5. The van der Waals surface area contributed by atoms with Gasteiger partial charge in [-0.15, -0.1) is 0 Å². The quantitative estimate of drug-likeness (QED) is 0.585.